The van der Waals surface area contributed by atoms with Gasteiger partial charge in [0, 0.05) is 0 Å². The van der Waals surface area contributed by atoms with Crippen molar-refractivity contribution in [1.29, 1.82) is 0 Å². The van der Waals surface area contributed by atoms with Gasteiger partial charge in [-0.05, 0) is 0 Å². The SMILES string of the molecule is CC[O][Zr]([O]CC)([O]CC)[O][Si](c1ccccc1)(c1ccccc1)c1ccccc1. The van der Waals surface area contributed by atoms with Crippen LogP contribution in [0.3, 0.4) is 0 Å². The molecule has 0 aliphatic heterocycles. The van der Waals surface area contributed by atoms with Crippen LogP contribution in [0, 0.1) is 0 Å². The van der Waals surface area contributed by atoms with Gasteiger partial charge in [0.1, 0.15) is 0 Å². The van der Waals surface area contributed by atoms with Crippen LogP contribution in [0.15, 0.2) is 91.0 Å². The minimum atomic E-state index is -4.35. The molecule has 3 aromatic rings. The number of rotatable bonds is 11. The molecule has 158 valence electrons. The Morgan fingerprint density at radius 3 is 1.10 bits per heavy atom. The van der Waals surface area contributed by atoms with Gasteiger partial charge in [-0.3, -0.25) is 0 Å². The monoisotopic (exact) mass is 500 g/mol. The summed E-state index contributed by atoms with van der Waals surface area (Å²) in [6.07, 6.45) is 0. The first-order valence-electron chi connectivity index (χ1n) is 10.5. The molecule has 0 spiro atoms. The first-order chi connectivity index (χ1) is 14.7. The first kappa shape index (κ1) is 23.3. The quantitative estimate of drug-likeness (QED) is 0.297. The average Bonchev–Trinajstić information content (AvgIpc) is 2.80. The molecule has 0 heterocycles. The van der Waals surface area contributed by atoms with E-state index in [1.54, 1.807) is 0 Å². The zero-order chi connectivity index (χ0) is 21.3. The molecule has 0 aromatic heterocycles. The van der Waals surface area contributed by atoms with E-state index in [4.69, 9.17) is 10.9 Å². The summed E-state index contributed by atoms with van der Waals surface area (Å²) < 4.78 is 25.8. The van der Waals surface area contributed by atoms with Gasteiger partial charge < -0.3 is 0 Å². The van der Waals surface area contributed by atoms with Gasteiger partial charge in [0.15, 0.2) is 0 Å². The average molecular weight is 502 g/mol. The standard InChI is InChI=1S/C18H15OSi.3C2H5O.Zr/c19-20(16-10-4-1-5-11-16,17-12-6-2-7-13-17)18-14-8-3-9-15-18;3*1-2-3;/h1-15H;3*2H2,1H3;/q4*-1;+4. The molecule has 0 atom stereocenters. The predicted octanol–water partition coefficient (Wildman–Crippen LogP) is 3.59. The van der Waals surface area contributed by atoms with Gasteiger partial charge in [-0.15, -0.1) is 0 Å². The summed E-state index contributed by atoms with van der Waals surface area (Å²) in [6.45, 7) is 7.34. The Balaban J connectivity index is 2.30. The second-order valence-electron chi connectivity index (χ2n) is 6.68. The van der Waals surface area contributed by atoms with Crippen molar-refractivity contribution in [1.82, 2.24) is 0 Å². The van der Waals surface area contributed by atoms with Crippen LogP contribution >= 0.6 is 0 Å². The molecule has 0 aliphatic rings. The molecule has 3 aromatic carbocycles. The van der Waals surface area contributed by atoms with Crippen molar-refractivity contribution in [2.75, 3.05) is 19.8 Å². The van der Waals surface area contributed by atoms with Crippen LogP contribution in [-0.2, 0) is 33.0 Å². The summed E-state index contributed by atoms with van der Waals surface area (Å²) in [6, 6.07) is 31.3. The predicted molar refractivity (Wildman–Crippen MR) is 120 cm³/mol. The fourth-order valence-corrected chi connectivity index (χ4v) is 17.4. The molecule has 0 unspecified atom stereocenters. The summed E-state index contributed by atoms with van der Waals surface area (Å²) in [4.78, 5) is 0. The summed E-state index contributed by atoms with van der Waals surface area (Å²) >= 11 is -4.35. The molecule has 3 rings (SSSR count). The second-order valence-corrected chi connectivity index (χ2v) is 16.1. The number of hydrogen-bond donors (Lipinski definition) is 0. The molecule has 0 bridgehead atoms. The van der Waals surface area contributed by atoms with Gasteiger partial charge in [-0.2, -0.15) is 0 Å². The van der Waals surface area contributed by atoms with Gasteiger partial charge >= 0.3 is 188 Å². The first-order valence-corrected chi connectivity index (χ1v) is 16.4. The van der Waals surface area contributed by atoms with Gasteiger partial charge in [0.05, 0.1) is 0 Å². The van der Waals surface area contributed by atoms with Crippen molar-refractivity contribution in [2.45, 2.75) is 20.8 Å². The molecule has 0 N–H and O–H groups in total. The van der Waals surface area contributed by atoms with E-state index in [9.17, 15) is 0 Å². The summed E-state index contributed by atoms with van der Waals surface area (Å²) in [5, 5.41) is 3.42. The van der Waals surface area contributed by atoms with Crippen molar-refractivity contribution >= 4 is 23.9 Å². The second kappa shape index (κ2) is 11.3. The van der Waals surface area contributed by atoms with Crippen molar-refractivity contribution in [3.8, 4) is 0 Å². The van der Waals surface area contributed by atoms with E-state index in [-0.39, 0.29) is 0 Å². The molecular weight excluding hydrogens is 472 g/mol. The third-order valence-corrected chi connectivity index (χ3v) is 17.6. The molecule has 0 fully saturated rings. The van der Waals surface area contributed by atoms with Crippen LogP contribution in [-0.4, -0.2) is 28.1 Å². The third-order valence-electron chi connectivity index (χ3n) is 4.78. The van der Waals surface area contributed by atoms with Crippen molar-refractivity contribution in [3.05, 3.63) is 91.0 Å². The maximum atomic E-state index is 7.19. The Hall–Kier alpha value is -1.40. The molecule has 0 radical (unpaired) electrons. The van der Waals surface area contributed by atoms with Crippen molar-refractivity contribution in [2.24, 2.45) is 0 Å². The van der Waals surface area contributed by atoms with Crippen molar-refractivity contribution < 1.29 is 33.0 Å². The van der Waals surface area contributed by atoms with Gasteiger partial charge in [-0.25, -0.2) is 0 Å². The minimum absolute atomic E-state index is 0.485. The molecule has 0 saturated carbocycles. The zero-order valence-corrected chi connectivity index (χ0v) is 21.4. The van der Waals surface area contributed by atoms with Crippen LogP contribution in [0.25, 0.3) is 0 Å². The molecule has 0 amide bonds. The van der Waals surface area contributed by atoms with Gasteiger partial charge in [-0.1, -0.05) is 0 Å². The topological polar surface area (TPSA) is 36.9 Å². The summed E-state index contributed by atoms with van der Waals surface area (Å²) in [5.74, 6) is 0. The Bertz CT molecular complexity index is 764. The van der Waals surface area contributed by atoms with E-state index < -0.39 is 30.3 Å². The number of hydrogen-bond acceptors (Lipinski definition) is 4. The molecule has 30 heavy (non-hydrogen) atoms. The fourth-order valence-electron chi connectivity index (χ4n) is 3.63. The van der Waals surface area contributed by atoms with E-state index in [1.807, 2.05) is 39.0 Å². The molecule has 4 nitrogen and oxygen atoms in total. The Morgan fingerprint density at radius 1 is 0.533 bits per heavy atom. The third kappa shape index (κ3) is 5.08. The van der Waals surface area contributed by atoms with Crippen molar-refractivity contribution in [3.63, 3.8) is 0 Å². The molecular formula is C24H30O4SiZr. The Kier molecular flexibility index (Phi) is 8.75. The van der Waals surface area contributed by atoms with Crippen LogP contribution in [0.4, 0.5) is 0 Å². The van der Waals surface area contributed by atoms with E-state index in [0.717, 1.165) is 15.6 Å². The van der Waals surface area contributed by atoms with Crippen LogP contribution in [0.5, 0.6) is 0 Å². The van der Waals surface area contributed by atoms with Gasteiger partial charge in [0.25, 0.3) is 0 Å². The van der Waals surface area contributed by atoms with Gasteiger partial charge in [0.2, 0.25) is 0 Å². The molecule has 0 saturated heterocycles. The Labute approximate surface area is 187 Å². The van der Waals surface area contributed by atoms with Crippen LogP contribution in [0.2, 0.25) is 0 Å². The normalized spacial score (nSPS) is 12.1. The van der Waals surface area contributed by atoms with E-state index in [2.05, 4.69) is 72.8 Å². The fraction of sp³-hybridized carbons (Fsp3) is 0.250. The van der Waals surface area contributed by atoms with Crippen LogP contribution < -0.4 is 15.6 Å². The zero-order valence-electron chi connectivity index (χ0n) is 17.9. The van der Waals surface area contributed by atoms with E-state index in [1.165, 1.54) is 0 Å². The number of benzene rings is 3. The summed E-state index contributed by atoms with van der Waals surface area (Å²) in [7, 11) is -2.95. The maximum absolute atomic E-state index is 7.19. The van der Waals surface area contributed by atoms with Crippen LogP contribution in [0.1, 0.15) is 20.8 Å². The molecule has 0 aliphatic carbocycles. The van der Waals surface area contributed by atoms with E-state index in [0.29, 0.717) is 19.8 Å². The Morgan fingerprint density at radius 2 is 0.833 bits per heavy atom. The summed E-state index contributed by atoms with van der Waals surface area (Å²) in [5.41, 5.74) is 0. The van der Waals surface area contributed by atoms with E-state index >= 15 is 0 Å². The molecule has 6 heteroatoms.